The zero-order valence-electron chi connectivity index (χ0n) is 11.2. The minimum atomic E-state index is 0.287. The third kappa shape index (κ3) is 4.33. The van der Waals surface area contributed by atoms with Crippen molar-refractivity contribution >= 4 is 31.9 Å². The van der Waals surface area contributed by atoms with Gasteiger partial charge in [0.2, 0.25) is 0 Å². The van der Waals surface area contributed by atoms with Crippen molar-refractivity contribution in [3.05, 3.63) is 62.5 Å². The maximum atomic E-state index is 9.25. The van der Waals surface area contributed by atoms with E-state index in [-0.39, 0.29) is 6.04 Å². The van der Waals surface area contributed by atoms with Crippen LogP contribution in [0.3, 0.4) is 0 Å². The predicted octanol–water partition coefficient (Wildman–Crippen LogP) is 4.81. The van der Waals surface area contributed by atoms with Crippen LogP contribution in [0.1, 0.15) is 24.1 Å². The van der Waals surface area contributed by atoms with Gasteiger partial charge >= 0.3 is 0 Å². The van der Waals surface area contributed by atoms with E-state index < -0.39 is 0 Å². The maximum Gasteiger partial charge on any atom is 0.115 e. The fraction of sp³-hybridized carbons (Fsp3) is 0.250. The summed E-state index contributed by atoms with van der Waals surface area (Å²) >= 11 is 7.06. The van der Waals surface area contributed by atoms with Gasteiger partial charge in [-0.05, 0) is 55.3 Å². The minimum Gasteiger partial charge on any atom is -0.508 e. The molecule has 4 heteroatoms. The Morgan fingerprint density at radius 2 is 1.80 bits per heavy atom. The minimum absolute atomic E-state index is 0.287. The van der Waals surface area contributed by atoms with Gasteiger partial charge in [0.25, 0.3) is 0 Å². The van der Waals surface area contributed by atoms with Crippen molar-refractivity contribution in [2.75, 3.05) is 6.54 Å². The van der Waals surface area contributed by atoms with Gasteiger partial charge in [-0.1, -0.05) is 50.1 Å². The number of aromatic hydroxyl groups is 1. The summed E-state index contributed by atoms with van der Waals surface area (Å²) in [7, 11) is 0. The van der Waals surface area contributed by atoms with Gasteiger partial charge in [-0.25, -0.2) is 0 Å². The molecule has 0 aromatic heterocycles. The number of benzene rings is 2. The van der Waals surface area contributed by atoms with Crippen molar-refractivity contribution in [1.82, 2.24) is 5.32 Å². The first-order valence-corrected chi connectivity index (χ1v) is 8.11. The first-order chi connectivity index (χ1) is 9.56. The van der Waals surface area contributed by atoms with Gasteiger partial charge in [0.15, 0.2) is 0 Å². The Morgan fingerprint density at radius 3 is 2.45 bits per heavy atom. The number of hydrogen-bond donors (Lipinski definition) is 2. The molecule has 2 nitrogen and oxygen atoms in total. The second kappa shape index (κ2) is 7.25. The lowest BCUT2D eigenvalue weighted by atomic mass is 10.1. The van der Waals surface area contributed by atoms with Crippen LogP contribution < -0.4 is 5.32 Å². The molecule has 0 spiro atoms. The lowest BCUT2D eigenvalue weighted by Gasteiger charge is -2.16. The van der Waals surface area contributed by atoms with E-state index in [2.05, 4.69) is 62.3 Å². The van der Waals surface area contributed by atoms with E-state index >= 15 is 0 Å². The highest BCUT2D eigenvalue weighted by Crippen LogP contribution is 2.26. The van der Waals surface area contributed by atoms with Crippen LogP contribution in [-0.4, -0.2) is 11.7 Å². The van der Waals surface area contributed by atoms with Crippen LogP contribution in [0.4, 0.5) is 0 Å². The molecule has 0 bridgehead atoms. The summed E-state index contributed by atoms with van der Waals surface area (Å²) in [6.07, 6.45) is 0.943. The third-order valence-corrected chi connectivity index (χ3v) is 4.41. The number of phenolic OH excluding ortho intramolecular Hbond substituents is 1. The Labute approximate surface area is 136 Å². The molecule has 2 aromatic carbocycles. The highest BCUT2D eigenvalue weighted by atomic mass is 79.9. The van der Waals surface area contributed by atoms with Crippen molar-refractivity contribution in [1.29, 1.82) is 0 Å². The van der Waals surface area contributed by atoms with E-state index in [4.69, 9.17) is 0 Å². The van der Waals surface area contributed by atoms with Gasteiger partial charge in [0.05, 0.1) is 0 Å². The van der Waals surface area contributed by atoms with Crippen LogP contribution in [0, 0.1) is 0 Å². The largest absolute Gasteiger partial charge is 0.508 e. The summed E-state index contributed by atoms with van der Waals surface area (Å²) < 4.78 is 2.18. The molecule has 0 radical (unpaired) electrons. The first-order valence-electron chi connectivity index (χ1n) is 6.52. The summed E-state index contributed by atoms with van der Waals surface area (Å²) in [5.74, 6) is 0.314. The van der Waals surface area contributed by atoms with E-state index in [1.807, 2.05) is 12.1 Å². The predicted molar refractivity (Wildman–Crippen MR) is 90.1 cm³/mol. The third-order valence-electron chi connectivity index (χ3n) is 3.23. The second-order valence-corrected chi connectivity index (χ2v) is 6.53. The SMILES string of the molecule is CC(NCCc1ccc(O)cc1)c1ccc(Br)cc1Br. The zero-order chi connectivity index (χ0) is 14.5. The fourth-order valence-corrected chi connectivity index (χ4v) is 3.45. The Kier molecular flexibility index (Phi) is 5.64. The topological polar surface area (TPSA) is 32.3 Å². The molecule has 20 heavy (non-hydrogen) atoms. The van der Waals surface area contributed by atoms with Crippen LogP contribution in [-0.2, 0) is 6.42 Å². The molecule has 2 N–H and O–H groups in total. The second-order valence-electron chi connectivity index (χ2n) is 4.76. The van der Waals surface area contributed by atoms with Crippen LogP contribution in [0.2, 0.25) is 0 Å². The van der Waals surface area contributed by atoms with Crippen LogP contribution in [0.25, 0.3) is 0 Å². The van der Waals surface area contributed by atoms with Gasteiger partial charge in [-0.3, -0.25) is 0 Å². The molecule has 0 saturated heterocycles. The van der Waals surface area contributed by atoms with Crippen molar-refractivity contribution < 1.29 is 5.11 Å². The Bertz CT molecular complexity index is 569. The van der Waals surface area contributed by atoms with Crippen LogP contribution in [0.5, 0.6) is 5.75 Å². The molecule has 0 heterocycles. The van der Waals surface area contributed by atoms with Gasteiger partial charge in [0.1, 0.15) is 5.75 Å². The number of hydrogen-bond acceptors (Lipinski definition) is 2. The van der Waals surface area contributed by atoms with E-state index in [1.54, 1.807) is 12.1 Å². The molecular weight excluding hydrogens is 382 g/mol. The fourth-order valence-electron chi connectivity index (χ4n) is 2.06. The van der Waals surface area contributed by atoms with Crippen molar-refractivity contribution in [2.24, 2.45) is 0 Å². The highest BCUT2D eigenvalue weighted by molar-refractivity contribution is 9.11. The van der Waals surface area contributed by atoms with E-state index in [9.17, 15) is 5.11 Å². The van der Waals surface area contributed by atoms with E-state index in [0.29, 0.717) is 5.75 Å². The molecule has 2 rings (SSSR count). The van der Waals surface area contributed by atoms with Gasteiger partial charge < -0.3 is 10.4 Å². The van der Waals surface area contributed by atoms with Crippen molar-refractivity contribution in [3.8, 4) is 5.75 Å². The lowest BCUT2D eigenvalue weighted by molar-refractivity contribution is 0.475. The summed E-state index contributed by atoms with van der Waals surface area (Å²) in [6, 6.07) is 13.9. The Morgan fingerprint density at radius 1 is 1.10 bits per heavy atom. The lowest BCUT2D eigenvalue weighted by Crippen LogP contribution is -2.21. The smallest absolute Gasteiger partial charge is 0.115 e. The standard InChI is InChI=1S/C16H17Br2NO/c1-11(15-7-4-13(17)10-16(15)18)19-9-8-12-2-5-14(20)6-3-12/h2-7,10-11,19-20H,8-9H2,1H3. The molecule has 0 aliphatic carbocycles. The average molecular weight is 399 g/mol. The molecule has 0 aliphatic heterocycles. The van der Waals surface area contributed by atoms with E-state index in [1.165, 1.54) is 11.1 Å². The Balaban J connectivity index is 1.88. The molecule has 2 aromatic rings. The molecule has 1 atom stereocenters. The monoisotopic (exact) mass is 397 g/mol. The summed E-state index contributed by atoms with van der Waals surface area (Å²) in [4.78, 5) is 0. The molecule has 0 aliphatic rings. The number of phenols is 1. The molecule has 0 amide bonds. The average Bonchev–Trinajstić information content (AvgIpc) is 2.41. The van der Waals surface area contributed by atoms with Crippen LogP contribution >= 0.6 is 31.9 Å². The van der Waals surface area contributed by atoms with Gasteiger partial charge in [-0.15, -0.1) is 0 Å². The molecule has 0 saturated carbocycles. The summed E-state index contributed by atoms with van der Waals surface area (Å²) in [5.41, 5.74) is 2.47. The van der Waals surface area contributed by atoms with Crippen LogP contribution in [0.15, 0.2) is 51.4 Å². The molecule has 0 fully saturated rings. The van der Waals surface area contributed by atoms with Crippen molar-refractivity contribution in [2.45, 2.75) is 19.4 Å². The number of rotatable bonds is 5. The molecule has 106 valence electrons. The molecular formula is C16H17Br2NO. The number of halogens is 2. The van der Waals surface area contributed by atoms with Crippen molar-refractivity contribution in [3.63, 3.8) is 0 Å². The first kappa shape index (κ1) is 15.5. The number of nitrogens with one attached hydrogen (secondary N) is 1. The zero-order valence-corrected chi connectivity index (χ0v) is 14.4. The van der Waals surface area contributed by atoms with E-state index in [0.717, 1.165) is 21.9 Å². The normalized spacial score (nSPS) is 12.3. The highest BCUT2D eigenvalue weighted by Gasteiger charge is 2.08. The maximum absolute atomic E-state index is 9.25. The summed E-state index contributed by atoms with van der Waals surface area (Å²) in [5, 5.41) is 12.8. The summed E-state index contributed by atoms with van der Waals surface area (Å²) in [6.45, 7) is 3.05. The Hall–Kier alpha value is -0.840. The van der Waals surface area contributed by atoms with Gasteiger partial charge in [-0.2, -0.15) is 0 Å². The molecule has 1 unspecified atom stereocenters. The van der Waals surface area contributed by atoms with Gasteiger partial charge in [0, 0.05) is 15.0 Å². The quantitative estimate of drug-likeness (QED) is 0.757.